The molecule has 0 aliphatic heterocycles. The van der Waals surface area contributed by atoms with Crippen LogP contribution in [0.15, 0.2) is 79.0 Å². The Kier molecular flexibility index (Phi) is 5.42. The van der Waals surface area contributed by atoms with Crippen molar-refractivity contribution < 1.29 is 18.0 Å². The van der Waals surface area contributed by atoms with Crippen molar-refractivity contribution in [1.29, 1.82) is 0 Å². The molecule has 0 spiro atoms. The monoisotopic (exact) mass is 421 g/mol. The normalized spacial score (nSPS) is 11.5. The summed E-state index contributed by atoms with van der Waals surface area (Å²) < 4.78 is 38.3. The molecule has 0 bridgehead atoms. The van der Waals surface area contributed by atoms with E-state index in [-0.39, 0.29) is 12.5 Å². The van der Waals surface area contributed by atoms with Gasteiger partial charge in [-0.15, -0.1) is 0 Å². The average Bonchev–Trinajstić information content (AvgIpc) is 2.78. The van der Waals surface area contributed by atoms with Crippen molar-refractivity contribution in [2.45, 2.75) is 12.7 Å². The first kappa shape index (κ1) is 20.5. The molecule has 2 aromatic carbocycles. The zero-order valence-corrected chi connectivity index (χ0v) is 16.6. The van der Waals surface area contributed by atoms with E-state index in [9.17, 15) is 18.0 Å². The van der Waals surface area contributed by atoms with Gasteiger partial charge in [-0.3, -0.25) is 4.79 Å². The molecule has 4 rings (SSSR count). The minimum absolute atomic E-state index is 0.168. The number of rotatable bonds is 4. The first-order valence-electron chi connectivity index (χ1n) is 9.56. The summed E-state index contributed by atoms with van der Waals surface area (Å²) in [5, 5.41) is 0.617. The van der Waals surface area contributed by atoms with E-state index in [2.05, 4.69) is 9.97 Å². The molecule has 0 N–H and O–H groups in total. The molecule has 4 nitrogen and oxygen atoms in total. The van der Waals surface area contributed by atoms with E-state index in [0.29, 0.717) is 27.9 Å². The van der Waals surface area contributed by atoms with Gasteiger partial charge in [-0.1, -0.05) is 42.5 Å². The van der Waals surface area contributed by atoms with Crippen molar-refractivity contribution in [3.8, 4) is 11.3 Å². The van der Waals surface area contributed by atoms with Gasteiger partial charge in [0.25, 0.3) is 5.91 Å². The molecule has 0 aliphatic carbocycles. The van der Waals surface area contributed by atoms with Gasteiger partial charge < -0.3 is 4.90 Å². The number of carbonyl (C=O) groups is 1. The van der Waals surface area contributed by atoms with Gasteiger partial charge in [0.15, 0.2) is 5.65 Å². The number of halogens is 3. The van der Waals surface area contributed by atoms with E-state index in [4.69, 9.17) is 0 Å². The van der Waals surface area contributed by atoms with Gasteiger partial charge in [-0.05, 0) is 35.9 Å². The van der Waals surface area contributed by atoms with Crippen molar-refractivity contribution in [2.24, 2.45) is 0 Å². The highest BCUT2D eigenvalue weighted by Crippen LogP contribution is 2.29. The van der Waals surface area contributed by atoms with Crippen LogP contribution in [0, 0.1) is 0 Å². The number of nitrogens with zero attached hydrogens (tertiary/aromatic N) is 3. The van der Waals surface area contributed by atoms with Gasteiger partial charge in [0.05, 0.1) is 16.8 Å². The number of alkyl halides is 3. The van der Waals surface area contributed by atoms with Gasteiger partial charge >= 0.3 is 6.18 Å². The lowest BCUT2D eigenvalue weighted by atomic mass is 10.0. The van der Waals surface area contributed by atoms with E-state index in [1.165, 1.54) is 17.0 Å². The lowest BCUT2D eigenvalue weighted by Gasteiger charge is -2.19. The Morgan fingerprint density at radius 1 is 0.968 bits per heavy atom. The third-order valence-electron chi connectivity index (χ3n) is 4.93. The van der Waals surface area contributed by atoms with Crippen LogP contribution in [0.5, 0.6) is 0 Å². The summed E-state index contributed by atoms with van der Waals surface area (Å²) in [6.45, 7) is 0.168. The van der Waals surface area contributed by atoms with Crippen molar-refractivity contribution in [3.05, 3.63) is 95.7 Å². The second-order valence-corrected chi connectivity index (χ2v) is 7.15. The molecule has 0 fully saturated rings. The van der Waals surface area contributed by atoms with Crippen molar-refractivity contribution in [3.63, 3.8) is 0 Å². The molecule has 2 heterocycles. The highest BCUT2D eigenvalue weighted by molar-refractivity contribution is 6.06. The standard InChI is InChI=1S/C24H18F3N3O/c1-30(15-16-9-11-18(12-10-16)24(25,26)27)23(31)20-14-21(17-6-3-2-4-7-17)29-22-19(20)8-5-13-28-22/h2-14H,15H2,1H3. The molecule has 0 unspecified atom stereocenters. The molecule has 2 aromatic heterocycles. The van der Waals surface area contributed by atoms with Gasteiger partial charge in [0.1, 0.15) is 0 Å². The minimum Gasteiger partial charge on any atom is -0.337 e. The Bertz CT molecular complexity index is 1220. The summed E-state index contributed by atoms with van der Waals surface area (Å²) >= 11 is 0. The van der Waals surface area contributed by atoms with Gasteiger partial charge in [-0.25, -0.2) is 9.97 Å². The molecule has 0 aliphatic rings. The van der Waals surface area contributed by atoms with E-state index >= 15 is 0 Å². The summed E-state index contributed by atoms with van der Waals surface area (Å²) in [5.74, 6) is -0.266. The highest BCUT2D eigenvalue weighted by Gasteiger charge is 2.30. The number of amides is 1. The lowest BCUT2D eigenvalue weighted by molar-refractivity contribution is -0.137. The summed E-state index contributed by atoms with van der Waals surface area (Å²) in [7, 11) is 1.62. The molecule has 1 amide bonds. The summed E-state index contributed by atoms with van der Waals surface area (Å²) in [4.78, 5) is 23.6. The molecular weight excluding hydrogens is 403 g/mol. The predicted octanol–water partition coefficient (Wildman–Crippen LogP) is 5.59. The second kappa shape index (κ2) is 8.18. The Morgan fingerprint density at radius 3 is 2.35 bits per heavy atom. The van der Waals surface area contributed by atoms with E-state index < -0.39 is 11.7 Å². The van der Waals surface area contributed by atoms with Crippen LogP contribution in [0.1, 0.15) is 21.5 Å². The number of hydrogen-bond acceptors (Lipinski definition) is 3. The third kappa shape index (κ3) is 4.40. The van der Waals surface area contributed by atoms with Crippen LogP contribution < -0.4 is 0 Å². The predicted molar refractivity (Wildman–Crippen MR) is 112 cm³/mol. The topological polar surface area (TPSA) is 46.1 Å². The van der Waals surface area contributed by atoms with E-state index in [0.717, 1.165) is 17.7 Å². The number of hydrogen-bond donors (Lipinski definition) is 0. The molecule has 0 saturated heterocycles. The lowest BCUT2D eigenvalue weighted by Crippen LogP contribution is -2.26. The molecule has 0 radical (unpaired) electrons. The third-order valence-corrected chi connectivity index (χ3v) is 4.93. The van der Waals surface area contributed by atoms with Crippen LogP contribution >= 0.6 is 0 Å². The van der Waals surface area contributed by atoms with Crippen LogP contribution in [-0.2, 0) is 12.7 Å². The maximum absolute atomic E-state index is 13.3. The molecular formula is C24H18F3N3O. The van der Waals surface area contributed by atoms with E-state index in [1.54, 1.807) is 31.4 Å². The fourth-order valence-electron chi connectivity index (χ4n) is 3.34. The Balaban J connectivity index is 1.66. The molecule has 31 heavy (non-hydrogen) atoms. The number of aromatic nitrogens is 2. The Morgan fingerprint density at radius 2 is 1.68 bits per heavy atom. The molecule has 7 heteroatoms. The highest BCUT2D eigenvalue weighted by atomic mass is 19.4. The zero-order chi connectivity index (χ0) is 22.0. The smallest absolute Gasteiger partial charge is 0.337 e. The Hall–Kier alpha value is -3.74. The van der Waals surface area contributed by atoms with Crippen molar-refractivity contribution in [1.82, 2.24) is 14.9 Å². The largest absolute Gasteiger partial charge is 0.416 e. The quantitative estimate of drug-likeness (QED) is 0.432. The van der Waals surface area contributed by atoms with Gasteiger partial charge in [0, 0.05) is 30.7 Å². The fraction of sp³-hybridized carbons (Fsp3) is 0.125. The summed E-state index contributed by atoms with van der Waals surface area (Å²) in [6, 6.07) is 19.5. The maximum atomic E-state index is 13.3. The number of pyridine rings is 2. The SMILES string of the molecule is CN(Cc1ccc(C(F)(F)F)cc1)C(=O)c1cc(-c2ccccc2)nc2ncccc12. The van der Waals surface area contributed by atoms with E-state index in [1.807, 2.05) is 30.3 Å². The van der Waals surface area contributed by atoms with Gasteiger partial charge in [0.2, 0.25) is 0 Å². The number of fused-ring (bicyclic) bond motifs is 1. The average molecular weight is 421 g/mol. The van der Waals surface area contributed by atoms with Crippen molar-refractivity contribution >= 4 is 16.9 Å². The van der Waals surface area contributed by atoms with Crippen LogP contribution in [-0.4, -0.2) is 27.8 Å². The van der Waals surface area contributed by atoms with Crippen LogP contribution in [0.2, 0.25) is 0 Å². The molecule has 0 saturated carbocycles. The first-order chi connectivity index (χ1) is 14.8. The molecule has 0 atom stereocenters. The second-order valence-electron chi connectivity index (χ2n) is 7.15. The fourth-order valence-corrected chi connectivity index (χ4v) is 3.34. The van der Waals surface area contributed by atoms with Crippen molar-refractivity contribution in [2.75, 3.05) is 7.05 Å². The summed E-state index contributed by atoms with van der Waals surface area (Å²) in [6.07, 6.45) is -2.78. The number of benzene rings is 2. The van der Waals surface area contributed by atoms with Crippen LogP contribution in [0.3, 0.4) is 0 Å². The molecule has 4 aromatic rings. The Labute approximate surface area is 177 Å². The maximum Gasteiger partial charge on any atom is 0.416 e. The minimum atomic E-state index is -4.39. The summed E-state index contributed by atoms with van der Waals surface area (Å²) in [5.41, 5.74) is 2.25. The number of carbonyl (C=O) groups excluding carboxylic acids is 1. The van der Waals surface area contributed by atoms with Gasteiger partial charge in [-0.2, -0.15) is 13.2 Å². The zero-order valence-electron chi connectivity index (χ0n) is 16.6. The van der Waals surface area contributed by atoms with Crippen LogP contribution in [0.4, 0.5) is 13.2 Å². The first-order valence-corrected chi connectivity index (χ1v) is 9.56. The molecule has 156 valence electrons. The van der Waals surface area contributed by atoms with Crippen LogP contribution in [0.25, 0.3) is 22.3 Å².